The SMILES string of the molecule is C/C(=N\OC(=O)N(C)CCNC(C)(C)C)[C@H]1CC[C@H]2[C@@H]3CCC4=CC(=O)CC[C@]4(C)[C@H]3CC[C@]12C. The molecule has 196 valence electrons. The summed E-state index contributed by atoms with van der Waals surface area (Å²) in [6, 6.07) is 0. The maximum atomic E-state index is 12.5. The summed E-state index contributed by atoms with van der Waals surface area (Å²) < 4.78 is 0. The van der Waals surface area contributed by atoms with Crippen LogP contribution in [-0.4, -0.2) is 48.2 Å². The molecule has 4 aliphatic carbocycles. The van der Waals surface area contributed by atoms with Crippen molar-refractivity contribution in [3.05, 3.63) is 11.6 Å². The van der Waals surface area contributed by atoms with Crippen molar-refractivity contribution in [2.75, 3.05) is 20.1 Å². The summed E-state index contributed by atoms with van der Waals surface area (Å²) in [6.07, 6.45) is 10.4. The number of hydrogen-bond donors (Lipinski definition) is 1. The zero-order chi connectivity index (χ0) is 25.6. The second-order valence-electron chi connectivity index (χ2n) is 13.3. The number of nitrogens with one attached hydrogen (secondary N) is 1. The highest BCUT2D eigenvalue weighted by Crippen LogP contribution is 2.66. The summed E-state index contributed by atoms with van der Waals surface area (Å²) in [5.74, 6) is 2.81. The molecule has 0 unspecified atom stereocenters. The van der Waals surface area contributed by atoms with Gasteiger partial charge in [-0.25, -0.2) is 4.79 Å². The predicted molar refractivity (Wildman–Crippen MR) is 140 cm³/mol. The van der Waals surface area contributed by atoms with E-state index in [-0.39, 0.29) is 16.4 Å². The molecule has 0 aromatic rings. The molecule has 1 N–H and O–H groups in total. The van der Waals surface area contributed by atoms with Gasteiger partial charge in [0.15, 0.2) is 5.78 Å². The van der Waals surface area contributed by atoms with Crippen molar-refractivity contribution >= 4 is 17.6 Å². The monoisotopic (exact) mass is 485 g/mol. The zero-order valence-corrected chi connectivity index (χ0v) is 23.1. The van der Waals surface area contributed by atoms with Gasteiger partial charge in [0.1, 0.15) is 0 Å². The average molecular weight is 486 g/mol. The number of rotatable bonds is 5. The molecule has 4 rings (SSSR count). The van der Waals surface area contributed by atoms with Crippen molar-refractivity contribution in [2.24, 2.45) is 39.7 Å². The molecular formula is C29H47N3O3. The fraction of sp³-hybridized carbons (Fsp3) is 0.828. The molecule has 0 aromatic heterocycles. The lowest BCUT2D eigenvalue weighted by Gasteiger charge is -2.58. The third-order valence-corrected chi connectivity index (χ3v) is 10.1. The Hall–Kier alpha value is -1.69. The van der Waals surface area contributed by atoms with Crippen molar-refractivity contribution in [1.82, 2.24) is 10.2 Å². The van der Waals surface area contributed by atoms with Gasteiger partial charge in [-0.05, 0) is 107 Å². The third kappa shape index (κ3) is 5.10. The van der Waals surface area contributed by atoms with Crippen LogP contribution in [0.3, 0.4) is 0 Å². The highest BCUT2D eigenvalue weighted by Gasteiger charge is 2.59. The van der Waals surface area contributed by atoms with Crippen LogP contribution >= 0.6 is 0 Å². The van der Waals surface area contributed by atoms with E-state index in [1.54, 1.807) is 11.9 Å². The Kier molecular flexibility index (Phi) is 7.27. The van der Waals surface area contributed by atoms with Gasteiger partial charge in [0.05, 0.1) is 5.71 Å². The number of carbonyl (C=O) groups is 2. The molecular weight excluding hydrogens is 438 g/mol. The molecule has 35 heavy (non-hydrogen) atoms. The van der Waals surface area contributed by atoms with Gasteiger partial charge in [-0.3, -0.25) is 9.63 Å². The number of allylic oxidation sites excluding steroid dienone is 1. The van der Waals surface area contributed by atoms with Gasteiger partial charge in [-0.2, -0.15) is 0 Å². The van der Waals surface area contributed by atoms with Gasteiger partial charge in [0.2, 0.25) is 0 Å². The second-order valence-corrected chi connectivity index (χ2v) is 13.3. The predicted octanol–water partition coefficient (Wildman–Crippen LogP) is 5.97. The third-order valence-electron chi connectivity index (χ3n) is 10.1. The normalized spacial score (nSPS) is 37.2. The smallest absolute Gasteiger partial charge is 0.310 e. The quantitative estimate of drug-likeness (QED) is 0.296. The molecule has 6 atom stereocenters. The summed E-state index contributed by atoms with van der Waals surface area (Å²) in [4.78, 5) is 31.6. The summed E-state index contributed by atoms with van der Waals surface area (Å²) >= 11 is 0. The lowest BCUT2D eigenvalue weighted by molar-refractivity contribution is -0.117. The van der Waals surface area contributed by atoms with Gasteiger partial charge in [0.25, 0.3) is 0 Å². The summed E-state index contributed by atoms with van der Waals surface area (Å²) in [5, 5.41) is 7.76. The van der Waals surface area contributed by atoms with E-state index >= 15 is 0 Å². The standard InChI is InChI=1S/C29H47N3O3/c1-19(31-35-26(34)32(7)17-16-30-27(2,3)4)23-10-11-24-22-9-8-20-18-21(33)12-14-28(20,5)25(22)13-15-29(23,24)6/h18,22-25,30H,8-17H2,1-7H3/b31-19+/t22-,23+,24-,25-,28-,29+/m0/s1. The first kappa shape index (κ1) is 26.4. The van der Waals surface area contributed by atoms with Crippen LogP contribution in [0, 0.1) is 34.5 Å². The summed E-state index contributed by atoms with van der Waals surface area (Å²) in [5.41, 5.74) is 2.84. The van der Waals surface area contributed by atoms with E-state index in [4.69, 9.17) is 4.84 Å². The number of hydrogen-bond acceptors (Lipinski definition) is 5. The zero-order valence-electron chi connectivity index (χ0n) is 23.1. The lowest BCUT2D eigenvalue weighted by Crippen LogP contribution is -2.51. The first-order valence-electron chi connectivity index (χ1n) is 13.8. The number of nitrogens with zero attached hydrogens (tertiary/aromatic N) is 2. The Balaban J connectivity index is 1.39. The molecule has 6 nitrogen and oxygen atoms in total. The largest absolute Gasteiger partial charge is 0.435 e. The van der Waals surface area contributed by atoms with E-state index < -0.39 is 6.09 Å². The van der Waals surface area contributed by atoms with Gasteiger partial charge in [-0.15, -0.1) is 0 Å². The van der Waals surface area contributed by atoms with E-state index in [0.717, 1.165) is 30.9 Å². The van der Waals surface area contributed by atoms with E-state index in [9.17, 15) is 9.59 Å². The van der Waals surface area contributed by atoms with Crippen molar-refractivity contribution in [3.63, 3.8) is 0 Å². The number of likely N-dealkylation sites (N-methyl/N-ethyl adjacent to an activating group) is 1. The van der Waals surface area contributed by atoms with Gasteiger partial charge in [0, 0.05) is 38.0 Å². The molecule has 0 bridgehead atoms. The van der Waals surface area contributed by atoms with Crippen LogP contribution in [-0.2, 0) is 9.63 Å². The van der Waals surface area contributed by atoms with Gasteiger partial charge in [-0.1, -0.05) is 24.6 Å². The molecule has 6 heteroatoms. The highest BCUT2D eigenvalue weighted by molar-refractivity contribution is 5.91. The van der Waals surface area contributed by atoms with E-state index in [0.29, 0.717) is 43.0 Å². The minimum atomic E-state index is -0.394. The maximum absolute atomic E-state index is 12.5. The highest BCUT2D eigenvalue weighted by atomic mass is 16.7. The molecule has 3 saturated carbocycles. The summed E-state index contributed by atoms with van der Waals surface area (Å²) in [7, 11) is 1.76. The maximum Gasteiger partial charge on any atom is 0.435 e. The minimum Gasteiger partial charge on any atom is -0.310 e. The van der Waals surface area contributed by atoms with E-state index in [2.05, 4.69) is 52.0 Å². The van der Waals surface area contributed by atoms with Gasteiger partial charge >= 0.3 is 6.09 Å². The van der Waals surface area contributed by atoms with E-state index in [1.165, 1.54) is 31.3 Å². The number of carbonyl (C=O) groups excluding carboxylic acids is 2. The van der Waals surface area contributed by atoms with Crippen LogP contribution in [0.2, 0.25) is 0 Å². The molecule has 0 aromatic carbocycles. The van der Waals surface area contributed by atoms with Crippen LogP contribution < -0.4 is 5.32 Å². The lowest BCUT2D eigenvalue weighted by atomic mass is 9.46. The number of ketones is 1. The van der Waals surface area contributed by atoms with E-state index in [1.807, 2.05) is 6.08 Å². The van der Waals surface area contributed by atoms with Crippen molar-refractivity contribution in [2.45, 2.75) is 98.4 Å². The molecule has 0 saturated heterocycles. The first-order valence-corrected chi connectivity index (χ1v) is 13.8. The van der Waals surface area contributed by atoms with Crippen LogP contribution in [0.1, 0.15) is 92.9 Å². The molecule has 3 fully saturated rings. The number of oxime groups is 1. The topological polar surface area (TPSA) is 71.0 Å². The molecule has 0 spiro atoms. The number of fused-ring (bicyclic) bond motifs is 5. The first-order chi connectivity index (χ1) is 16.3. The van der Waals surface area contributed by atoms with Crippen molar-refractivity contribution in [1.29, 1.82) is 0 Å². The van der Waals surface area contributed by atoms with Crippen molar-refractivity contribution in [3.8, 4) is 0 Å². The average Bonchev–Trinajstić information content (AvgIpc) is 3.14. The molecule has 4 aliphatic rings. The minimum absolute atomic E-state index is 0.0228. The Morgan fingerprint density at radius 3 is 2.60 bits per heavy atom. The molecule has 0 aliphatic heterocycles. The Bertz CT molecular complexity index is 903. The molecule has 0 heterocycles. The molecule has 1 amide bonds. The molecule has 0 radical (unpaired) electrons. The second kappa shape index (κ2) is 9.64. The summed E-state index contributed by atoms with van der Waals surface area (Å²) in [6.45, 7) is 14.6. The van der Waals surface area contributed by atoms with Gasteiger partial charge < -0.3 is 10.2 Å². The van der Waals surface area contributed by atoms with Crippen LogP contribution in [0.4, 0.5) is 4.79 Å². The van der Waals surface area contributed by atoms with Crippen molar-refractivity contribution < 1.29 is 14.4 Å². The Labute approximate surface area is 212 Å². The van der Waals surface area contributed by atoms with Crippen LogP contribution in [0.5, 0.6) is 0 Å². The Morgan fingerprint density at radius 1 is 1.14 bits per heavy atom. The number of amides is 1. The fourth-order valence-corrected chi connectivity index (χ4v) is 8.18. The van der Waals surface area contributed by atoms with Crippen LogP contribution in [0.25, 0.3) is 0 Å². The van der Waals surface area contributed by atoms with Crippen LogP contribution in [0.15, 0.2) is 16.8 Å². The Morgan fingerprint density at radius 2 is 1.89 bits per heavy atom. The fourth-order valence-electron chi connectivity index (χ4n) is 8.18.